The normalized spacial score (nSPS) is 10.0. The number of carbonyl (C=O) groups excluding carboxylic acids is 1. The van der Waals surface area contributed by atoms with Crippen LogP contribution in [-0.2, 0) is 0 Å². The average molecular weight is 323 g/mol. The van der Waals surface area contributed by atoms with Crippen LogP contribution < -0.4 is 15.4 Å². The van der Waals surface area contributed by atoms with Crippen molar-refractivity contribution in [3.63, 3.8) is 0 Å². The Hall–Kier alpha value is -1.85. The Balaban J connectivity index is 2.05. The second kappa shape index (κ2) is 7.24. The maximum atomic E-state index is 12.0. The lowest BCUT2D eigenvalue weighted by Crippen LogP contribution is -2.19. The summed E-state index contributed by atoms with van der Waals surface area (Å²) in [4.78, 5) is 13.1. The van der Waals surface area contributed by atoms with Gasteiger partial charge in [-0.1, -0.05) is 11.6 Å². The van der Waals surface area contributed by atoms with Gasteiger partial charge in [-0.05, 0) is 48.7 Å². The monoisotopic (exact) mass is 322 g/mol. The second-order valence-electron chi connectivity index (χ2n) is 4.15. The summed E-state index contributed by atoms with van der Waals surface area (Å²) in [6.07, 6.45) is 2.00. The summed E-state index contributed by atoms with van der Waals surface area (Å²) in [7, 11) is 1.54. The van der Waals surface area contributed by atoms with E-state index in [9.17, 15) is 4.79 Å². The highest BCUT2D eigenvalue weighted by Gasteiger charge is 2.08. The van der Waals surface area contributed by atoms with Gasteiger partial charge in [-0.25, -0.2) is 4.79 Å². The Kier molecular flexibility index (Phi) is 5.36. The van der Waals surface area contributed by atoms with Gasteiger partial charge in [-0.2, -0.15) is 0 Å². The van der Waals surface area contributed by atoms with Gasteiger partial charge in [0.1, 0.15) is 5.75 Å². The number of hydrogen-bond acceptors (Lipinski definition) is 3. The molecule has 0 atom stereocenters. The van der Waals surface area contributed by atoms with E-state index < -0.39 is 0 Å². The first-order valence-corrected chi connectivity index (χ1v) is 7.78. The molecule has 2 amide bonds. The van der Waals surface area contributed by atoms with Crippen LogP contribution in [0.4, 0.5) is 16.2 Å². The average Bonchev–Trinajstić information content (AvgIpc) is 2.48. The number of methoxy groups -OCH3 is 1. The summed E-state index contributed by atoms with van der Waals surface area (Å²) < 4.78 is 5.18. The van der Waals surface area contributed by atoms with Crippen molar-refractivity contribution in [1.29, 1.82) is 0 Å². The third-order valence-corrected chi connectivity index (χ3v) is 3.74. The zero-order chi connectivity index (χ0) is 15.2. The van der Waals surface area contributed by atoms with Gasteiger partial charge in [-0.3, -0.25) is 0 Å². The minimum Gasteiger partial charge on any atom is -0.495 e. The fraction of sp³-hybridized carbons (Fsp3) is 0.133. The Morgan fingerprint density at radius 2 is 1.86 bits per heavy atom. The number of benzene rings is 2. The van der Waals surface area contributed by atoms with Gasteiger partial charge in [0.15, 0.2) is 0 Å². The summed E-state index contributed by atoms with van der Waals surface area (Å²) in [6.45, 7) is 0. The highest BCUT2D eigenvalue weighted by Crippen LogP contribution is 2.27. The van der Waals surface area contributed by atoms with E-state index in [0.29, 0.717) is 22.1 Å². The third-order valence-electron chi connectivity index (χ3n) is 2.76. The topological polar surface area (TPSA) is 50.4 Å². The Bertz CT molecular complexity index is 632. The largest absolute Gasteiger partial charge is 0.495 e. The molecule has 0 aromatic heterocycles. The van der Waals surface area contributed by atoms with Crippen molar-refractivity contribution in [3.8, 4) is 5.75 Å². The molecule has 4 nitrogen and oxygen atoms in total. The molecule has 0 aliphatic carbocycles. The predicted molar refractivity (Wildman–Crippen MR) is 88.9 cm³/mol. The molecule has 0 fully saturated rings. The maximum absolute atomic E-state index is 12.0. The number of carbonyl (C=O) groups is 1. The first kappa shape index (κ1) is 15.5. The molecule has 2 aromatic rings. The fourth-order valence-electron chi connectivity index (χ4n) is 1.74. The number of halogens is 1. The lowest BCUT2D eigenvalue weighted by molar-refractivity contribution is 0.262. The first-order chi connectivity index (χ1) is 10.1. The minimum absolute atomic E-state index is 0.354. The van der Waals surface area contributed by atoms with Gasteiger partial charge in [0, 0.05) is 15.6 Å². The summed E-state index contributed by atoms with van der Waals surface area (Å²) in [5.74, 6) is 0.548. The lowest BCUT2D eigenvalue weighted by atomic mass is 10.3. The molecule has 0 unspecified atom stereocenters. The van der Waals surface area contributed by atoms with Crippen LogP contribution in [0.2, 0.25) is 5.02 Å². The molecule has 0 spiro atoms. The first-order valence-electron chi connectivity index (χ1n) is 6.18. The van der Waals surface area contributed by atoms with Crippen LogP contribution in [0.1, 0.15) is 0 Å². The summed E-state index contributed by atoms with van der Waals surface area (Å²) in [5, 5.41) is 5.99. The van der Waals surface area contributed by atoms with Crippen LogP contribution in [0.5, 0.6) is 5.75 Å². The zero-order valence-corrected chi connectivity index (χ0v) is 13.2. The molecular formula is C15H15ClN2O2S. The molecule has 0 saturated heterocycles. The molecule has 6 heteroatoms. The van der Waals surface area contributed by atoms with E-state index in [1.54, 1.807) is 30.0 Å². The molecule has 0 aliphatic rings. The van der Waals surface area contributed by atoms with Crippen molar-refractivity contribution < 1.29 is 9.53 Å². The van der Waals surface area contributed by atoms with E-state index in [4.69, 9.17) is 16.3 Å². The number of anilines is 2. The van der Waals surface area contributed by atoms with Crippen molar-refractivity contribution in [2.24, 2.45) is 0 Å². The number of rotatable bonds is 4. The van der Waals surface area contributed by atoms with Crippen molar-refractivity contribution in [2.45, 2.75) is 4.90 Å². The van der Waals surface area contributed by atoms with Crippen LogP contribution in [0.15, 0.2) is 47.4 Å². The molecule has 0 aliphatic heterocycles. The summed E-state index contributed by atoms with van der Waals surface area (Å²) >= 11 is 7.57. The minimum atomic E-state index is -0.354. The smallest absolute Gasteiger partial charge is 0.323 e. The van der Waals surface area contributed by atoms with Crippen molar-refractivity contribution in [3.05, 3.63) is 47.5 Å². The molecule has 2 aromatic carbocycles. The molecule has 0 radical (unpaired) electrons. The highest BCUT2D eigenvalue weighted by molar-refractivity contribution is 7.98. The molecule has 0 saturated carbocycles. The Morgan fingerprint density at radius 1 is 1.14 bits per heavy atom. The quantitative estimate of drug-likeness (QED) is 0.801. The van der Waals surface area contributed by atoms with Crippen LogP contribution in [0.3, 0.4) is 0 Å². The maximum Gasteiger partial charge on any atom is 0.323 e. The van der Waals surface area contributed by atoms with Gasteiger partial charge >= 0.3 is 6.03 Å². The summed E-state index contributed by atoms with van der Waals surface area (Å²) in [5.41, 5.74) is 1.23. The molecule has 2 rings (SSSR count). The van der Waals surface area contributed by atoms with E-state index in [1.807, 2.05) is 30.5 Å². The van der Waals surface area contributed by atoms with Crippen LogP contribution >= 0.6 is 23.4 Å². The zero-order valence-electron chi connectivity index (χ0n) is 11.6. The molecular weight excluding hydrogens is 308 g/mol. The van der Waals surface area contributed by atoms with Gasteiger partial charge in [-0.15, -0.1) is 11.8 Å². The van der Waals surface area contributed by atoms with Gasteiger partial charge < -0.3 is 15.4 Å². The van der Waals surface area contributed by atoms with Crippen molar-refractivity contribution in [2.75, 3.05) is 24.0 Å². The van der Waals surface area contributed by atoms with E-state index in [2.05, 4.69) is 10.6 Å². The van der Waals surface area contributed by atoms with E-state index in [1.165, 1.54) is 7.11 Å². The fourth-order valence-corrected chi connectivity index (χ4v) is 2.32. The number of thioether (sulfide) groups is 1. The number of urea groups is 1. The van der Waals surface area contributed by atoms with Crippen molar-refractivity contribution in [1.82, 2.24) is 0 Å². The van der Waals surface area contributed by atoms with E-state index in [0.717, 1.165) is 4.90 Å². The van der Waals surface area contributed by atoms with Crippen LogP contribution in [-0.4, -0.2) is 19.4 Å². The molecule has 21 heavy (non-hydrogen) atoms. The van der Waals surface area contributed by atoms with Crippen LogP contribution in [0, 0.1) is 0 Å². The number of ether oxygens (including phenoxy) is 1. The Morgan fingerprint density at radius 3 is 2.48 bits per heavy atom. The van der Waals surface area contributed by atoms with Crippen LogP contribution in [0.25, 0.3) is 0 Å². The SMILES string of the molecule is COc1ccc(Cl)cc1NC(=O)Nc1ccc(SC)cc1. The van der Waals surface area contributed by atoms with E-state index >= 15 is 0 Å². The van der Waals surface area contributed by atoms with Gasteiger partial charge in [0.25, 0.3) is 0 Å². The highest BCUT2D eigenvalue weighted by atomic mass is 35.5. The predicted octanol–water partition coefficient (Wildman–Crippen LogP) is 4.71. The number of nitrogens with one attached hydrogen (secondary N) is 2. The molecule has 110 valence electrons. The second-order valence-corrected chi connectivity index (χ2v) is 5.47. The van der Waals surface area contributed by atoms with E-state index in [-0.39, 0.29) is 6.03 Å². The molecule has 0 bridgehead atoms. The molecule has 2 N–H and O–H groups in total. The molecule has 0 heterocycles. The summed E-state index contributed by atoms with van der Waals surface area (Å²) in [6, 6.07) is 12.3. The third kappa shape index (κ3) is 4.31. The number of amides is 2. The van der Waals surface area contributed by atoms with Gasteiger partial charge in [0.2, 0.25) is 0 Å². The number of hydrogen-bond donors (Lipinski definition) is 2. The van der Waals surface area contributed by atoms with Gasteiger partial charge in [0.05, 0.1) is 12.8 Å². The standard InChI is InChI=1S/C15H15ClN2O2S/c1-20-14-8-3-10(16)9-13(14)18-15(19)17-11-4-6-12(21-2)7-5-11/h3-9H,1-2H3,(H2,17,18,19). The lowest BCUT2D eigenvalue weighted by Gasteiger charge is -2.11. The Labute approximate surface area is 132 Å². The van der Waals surface area contributed by atoms with Crippen molar-refractivity contribution >= 4 is 40.8 Å².